The van der Waals surface area contributed by atoms with Crippen molar-refractivity contribution in [2.75, 3.05) is 6.54 Å². The van der Waals surface area contributed by atoms with E-state index in [9.17, 15) is 13.2 Å². The van der Waals surface area contributed by atoms with Crippen LogP contribution in [0.3, 0.4) is 0 Å². The summed E-state index contributed by atoms with van der Waals surface area (Å²) in [6, 6.07) is 7.22. The molecule has 1 nitrogen and oxygen atoms in total. The van der Waals surface area contributed by atoms with Crippen LogP contribution in [0.5, 0.6) is 0 Å². The molecule has 1 unspecified atom stereocenters. The second-order valence-corrected chi connectivity index (χ2v) is 4.72. The van der Waals surface area contributed by atoms with Gasteiger partial charge in [-0.05, 0) is 54.9 Å². The first-order valence-corrected chi connectivity index (χ1v) is 6.46. The molecule has 0 aliphatic carbocycles. The molecule has 0 aromatic heterocycles. The third-order valence-electron chi connectivity index (χ3n) is 3.08. The fourth-order valence-electron chi connectivity index (χ4n) is 2.28. The maximum atomic E-state index is 13.9. The highest BCUT2D eigenvalue weighted by molar-refractivity contribution is 5.35. The maximum Gasteiger partial charge on any atom is 0.128 e. The smallest absolute Gasteiger partial charge is 0.128 e. The highest BCUT2D eigenvalue weighted by atomic mass is 19.1. The van der Waals surface area contributed by atoms with E-state index in [0.717, 1.165) is 23.8 Å². The van der Waals surface area contributed by atoms with Gasteiger partial charge in [-0.1, -0.05) is 13.0 Å². The summed E-state index contributed by atoms with van der Waals surface area (Å²) in [7, 11) is 0. The summed E-state index contributed by atoms with van der Waals surface area (Å²) in [6.45, 7) is 4.17. The van der Waals surface area contributed by atoms with E-state index in [1.54, 1.807) is 13.0 Å². The zero-order valence-corrected chi connectivity index (χ0v) is 11.4. The van der Waals surface area contributed by atoms with Crippen molar-refractivity contribution in [2.24, 2.45) is 0 Å². The Bertz CT molecular complexity index is 590. The third kappa shape index (κ3) is 3.20. The molecule has 0 heterocycles. The summed E-state index contributed by atoms with van der Waals surface area (Å²) >= 11 is 0. The molecule has 0 spiro atoms. The molecule has 1 N–H and O–H groups in total. The van der Waals surface area contributed by atoms with Crippen LogP contribution >= 0.6 is 0 Å². The lowest BCUT2D eigenvalue weighted by atomic mass is 9.96. The molecule has 20 heavy (non-hydrogen) atoms. The van der Waals surface area contributed by atoms with Gasteiger partial charge in [-0.3, -0.25) is 0 Å². The molecule has 2 rings (SSSR count). The SMILES string of the molecule is CCNC(c1cc(C)cc(F)c1)c1cc(F)ccc1F. The van der Waals surface area contributed by atoms with Gasteiger partial charge in [0.25, 0.3) is 0 Å². The van der Waals surface area contributed by atoms with Crippen molar-refractivity contribution >= 4 is 0 Å². The molecular weight excluding hydrogens is 263 g/mol. The first-order valence-electron chi connectivity index (χ1n) is 6.46. The summed E-state index contributed by atoms with van der Waals surface area (Å²) in [5, 5.41) is 3.06. The number of hydrogen-bond acceptors (Lipinski definition) is 1. The molecule has 0 fully saturated rings. The minimum absolute atomic E-state index is 0.178. The Kier molecular flexibility index (Phi) is 4.45. The molecule has 0 aliphatic heterocycles. The minimum atomic E-state index is -0.579. The molecule has 0 radical (unpaired) electrons. The van der Waals surface area contributed by atoms with Crippen molar-refractivity contribution in [1.82, 2.24) is 5.32 Å². The summed E-state index contributed by atoms with van der Waals surface area (Å²) < 4.78 is 40.8. The van der Waals surface area contributed by atoms with Crippen molar-refractivity contribution in [1.29, 1.82) is 0 Å². The molecular formula is C16H16F3N. The molecule has 0 aliphatic rings. The molecule has 2 aromatic rings. The molecule has 106 valence electrons. The second kappa shape index (κ2) is 6.09. The third-order valence-corrected chi connectivity index (χ3v) is 3.08. The first-order chi connectivity index (χ1) is 9.51. The molecule has 0 bridgehead atoms. The van der Waals surface area contributed by atoms with E-state index in [0.29, 0.717) is 12.1 Å². The van der Waals surface area contributed by atoms with E-state index < -0.39 is 17.7 Å². The van der Waals surface area contributed by atoms with E-state index in [1.807, 2.05) is 6.92 Å². The first kappa shape index (κ1) is 14.6. The number of benzene rings is 2. The quantitative estimate of drug-likeness (QED) is 0.888. The Morgan fingerprint density at radius 2 is 1.75 bits per heavy atom. The van der Waals surface area contributed by atoms with Crippen LogP contribution in [0.4, 0.5) is 13.2 Å². The molecule has 2 aromatic carbocycles. The van der Waals surface area contributed by atoms with Gasteiger partial charge in [-0.15, -0.1) is 0 Å². The van der Waals surface area contributed by atoms with Crippen LogP contribution in [0.15, 0.2) is 36.4 Å². The van der Waals surface area contributed by atoms with Crippen LogP contribution in [-0.2, 0) is 0 Å². The second-order valence-electron chi connectivity index (χ2n) is 4.72. The van der Waals surface area contributed by atoms with Crippen molar-refractivity contribution in [3.8, 4) is 0 Å². The predicted octanol–water partition coefficient (Wildman–Crippen LogP) is 4.11. The lowest BCUT2D eigenvalue weighted by Gasteiger charge is -2.20. The van der Waals surface area contributed by atoms with Crippen molar-refractivity contribution in [3.63, 3.8) is 0 Å². The lowest BCUT2D eigenvalue weighted by Crippen LogP contribution is -2.23. The Balaban J connectivity index is 2.52. The zero-order chi connectivity index (χ0) is 14.7. The van der Waals surface area contributed by atoms with E-state index in [-0.39, 0.29) is 11.4 Å². The standard InChI is InChI=1S/C16H16F3N/c1-3-20-16(11-6-10(2)7-13(18)8-11)14-9-12(17)4-5-15(14)19/h4-9,16,20H,3H2,1-2H3. The fraction of sp³-hybridized carbons (Fsp3) is 0.250. The molecule has 0 amide bonds. The van der Waals surface area contributed by atoms with Crippen molar-refractivity contribution in [3.05, 3.63) is 70.5 Å². The number of aryl methyl sites for hydroxylation is 1. The van der Waals surface area contributed by atoms with E-state index in [1.165, 1.54) is 12.1 Å². The fourth-order valence-corrected chi connectivity index (χ4v) is 2.28. The molecule has 0 saturated carbocycles. The van der Waals surface area contributed by atoms with Gasteiger partial charge in [0.1, 0.15) is 17.5 Å². The summed E-state index contributed by atoms with van der Waals surface area (Å²) in [5.41, 5.74) is 1.49. The van der Waals surface area contributed by atoms with E-state index >= 15 is 0 Å². The summed E-state index contributed by atoms with van der Waals surface area (Å²) in [6.07, 6.45) is 0. The molecule has 0 saturated heterocycles. The minimum Gasteiger partial charge on any atom is -0.306 e. The number of nitrogens with one attached hydrogen (secondary N) is 1. The topological polar surface area (TPSA) is 12.0 Å². The maximum absolute atomic E-state index is 13.9. The Labute approximate surface area is 116 Å². The predicted molar refractivity (Wildman–Crippen MR) is 73.0 cm³/mol. The van der Waals surface area contributed by atoms with Gasteiger partial charge in [0.2, 0.25) is 0 Å². The monoisotopic (exact) mass is 279 g/mol. The van der Waals surface area contributed by atoms with Gasteiger partial charge < -0.3 is 5.32 Å². The Hall–Kier alpha value is -1.81. The van der Waals surface area contributed by atoms with Crippen LogP contribution < -0.4 is 5.32 Å². The van der Waals surface area contributed by atoms with Crippen LogP contribution in [0.2, 0.25) is 0 Å². The zero-order valence-electron chi connectivity index (χ0n) is 11.4. The van der Waals surface area contributed by atoms with Gasteiger partial charge in [0.05, 0.1) is 6.04 Å². The van der Waals surface area contributed by atoms with E-state index in [2.05, 4.69) is 5.32 Å². The highest BCUT2D eigenvalue weighted by Crippen LogP contribution is 2.26. The van der Waals surface area contributed by atoms with Gasteiger partial charge in [-0.2, -0.15) is 0 Å². The lowest BCUT2D eigenvalue weighted by molar-refractivity contribution is 0.541. The van der Waals surface area contributed by atoms with Crippen molar-refractivity contribution in [2.45, 2.75) is 19.9 Å². The Morgan fingerprint density at radius 1 is 1.00 bits per heavy atom. The van der Waals surface area contributed by atoms with Gasteiger partial charge in [0.15, 0.2) is 0 Å². The number of halogens is 3. The highest BCUT2D eigenvalue weighted by Gasteiger charge is 2.18. The number of hydrogen-bond donors (Lipinski definition) is 1. The van der Waals surface area contributed by atoms with Crippen LogP contribution in [0.1, 0.15) is 29.7 Å². The van der Waals surface area contributed by atoms with Crippen molar-refractivity contribution < 1.29 is 13.2 Å². The van der Waals surface area contributed by atoms with Gasteiger partial charge in [-0.25, -0.2) is 13.2 Å². The van der Waals surface area contributed by atoms with Crippen LogP contribution in [0.25, 0.3) is 0 Å². The van der Waals surface area contributed by atoms with Crippen LogP contribution in [-0.4, -0.2) is 6.54 Å². The van der Waals surface area contributed by atoms with Gasteiger partial charge >= 0.3 is 0 Å². The molecule has 4 heteroatoms. The number of rotatable bonds is 4. The summed E-state index contributed by atoms with van der Waals surface area (Å²) in [5.74, 6) is -1.42. The summed E-state index contributed by atoms with van der Waals surface area (Å²) in [4.78, 5) is 0. The normalized spacial score (nSPS) is 12.4. The van der Waals surface area contributed by atoms with Crippen LogP contribution in [0, 0.1) is 24.4 Å². The van der Waals surface area contributed by atoms with Gasteiger partial charge in [0, 0.05) is 5.56 Å². The largest absolute Gasteiger partial charge is 0.306 e. The Morgan fingerprint density at radius 3 is 2.40 bits per heavy atom. The molecule has 1 atom stereocenters. The van der Waals surface area contributed by atoms with E-state index in [4.69, 9.17) is 0 Å². The average molecular weight is 279 g/mol. The average Bonchev–Trinajstić information content (AvgIpc) is 2.38.